The molecule has 0 amide bonds. The van der Waals surface area contributed by atoms with Crippen LogP contribution in [0, 0.1) is 6.92 Å². The Morgan fingerprint density at radius 3 is 2.67 bits per heavy atom. The van der Waals surface area contributed by atoms with E-state index in [9.17, 15) is 5.11 Å². The van der Waals surface area contributed by atoms with E-state index < -0.39 is 0 Å². The van der Waals surface area contributed by atoms with Crippen LogP contribution in [0.1, 0.15) is 11.1 Å². The van der Waals surface area contributed by atoms with Gasteiger partial charge in [-0.3, -0.25) is 4.84 Å². The van der Waals surface area contributed by atoms with E-state index in [1.165, 1.54) is 6.07 Å². The summed E-state index contributed by atoms with van der Waals surface area (Å²) in [5.74, 6) is 4.94. The molecule has 0 spiro atoms. The number of benzene rings is 1. The third kappa shape index (κ3) is 1.49. The second-order valence-electron chi connectivity index (χ2n) is 2.53. The monoisotopic (exact) mass is 169 g/mol. The molecular weight excluding hydrogens is 158 g/mol. The van der Waals surface area contributed by atoms with Crippen LogP contribution in [0.2, 0.25) is 0 Å². The number of hydrogen-bond acceptors (Lipinski definition) is 4. The van der Waals surface area contributed by atoms with E-state index in [4.69, 9.17) is 11.0 Å². The topological polar surface area (TPSA) is 75.7 Å². The Kier molecular flexibility index (Phi) is 2.52. The largest absolute Gasteiger partial charge is 0.508 e. The van der Waals surface area contributed by atoms with Crippen LogP contribution in [0.15, 0.2) is 12.1 Å². The lowest BCUT2D eigenvalue weighted by molar-refractivity contribution is 0.122. The summed E-state index contributed by atoms with van der Waals surface area (Å²) in [5, 5.41) is 18.6. The zero-order valence-electron chi connectivity index (χ0n) is 6.74. The molecule has 66 valence electrons. The van der Waals surface area contributed by atoms with Crippen LogP contribution in [0.3, 0.4) is 0 Å². The van der Waals surface area contributed by atoms with Gasteiger partial charge in [-0.25, -0.2) is 5.90 Å². The molecule has 4 heteroatoms. The Labute approximate surface area is 70.2 Å². The highest BCUT2D eigenvalue weighted by atomic mass is 16.6. The van der Waals surface area contributed by atoms with E-state index >= 15 is 0 Å². The fourth-order valence-corrected chi connectivity index (χ4v) is 0.952. The lowest BCUT2D eigenvalue weighted by atomic mass is 10.1. The first kappa shape index (κ1) is 8.83. The van der Waals surface area contributed by atoms with E-state index in [2.05, 4.69) is 4.84 Å². The summed E-state index contributed by atoms with van der Waals surface area (Å²) < 4.78 is 0. The Hall–Kier alpha value is -1.26. The minimum atomic E-state index is 0.0282. The Balaban J connectivity index is 3.08. The zero-order chi connectivity index (χ0) is 9.14. The maximum Gasteiger partial charge on any atom is 0.127 e. The predicted octanol–water partition coefficient (Wildman–Crippen LogP) is 0.797. The van der Waals surface area contributed by atoms with E-state index in [0.29, 0.717) is 11.1 Å². The molecule has 4 N–H and O–H groups in total. The summed E-state index contributed by atoms with van der Waals surface area (Å²) in [6.45, 7) is 1.75. The molecule has 0 atom stereocenters. The van der Waals surface area contributed by atoms with Crippen molar-refractivity contribution in [3.8, 4) is 11.5 Å². The normalized spacial score (nSPS) is 10.2. The zero-order valence-corrected chi connectivity index (χ0v) is 6.74. The second kappa shape index (κ2) is 3.42. The van der Waals surface area contributed by atoms with Gasteiger partial charge in [-0.15, -0.1) is 0 Å². The molecule has 1 rings (SSSR count). The molecule has 0 unspecified atom stereocenters. The first-order valence-electron chi connectivity index (χ1n) is 3.49. The average Bonchev–Trinajstić information content (AvgIpc) is 2.07. The van der Waals surface area contributed by atoms with Crippen LogP contribution in [-0.4, -0.2) is 10.2 Å². The predicted molar refractivity (Wildman–Crippen MR) is 43.5 cm³/mol. The number of rotatable bonds is 2. The van der Waals surface area contributed by atoms with E-state index in [1.807, 2.05) is 0 Å². The van der Waals surface area contributed by atoms with Gasteiger partial charge in [0.1, 0.15) is 11.5 Å². The van der Waals surface area contributed by atoms with Gasteiger partial charge in [0.25, 0.3) is 0 Å². The maximum absolute atomic E-state index is 9.41. The van der Waals surface area contributed by atoms with E-state index in [0.717, 1.165) is 0 Å². The van der Waals surface area contributed by atoms with Crippen LogP contribution in [-0.2, 0) is 11.4 Å². The number of nitrogens with two attached hydrogens (primary N) is 1. The molecule has 0 aliphatic rings. The van der Waals surface area contributed by atoms with Crippen molar-refractivity contribution in [3.63, 3.8) is 0 Å². The average molecular weight is 169 g/mol. The lowest BCUT2D eigenvalue weighted by Crippen LogP contribution is -1.99. The molecule has 0 fully saturated rings. The summed E-state index contributed by atoms with van der Waals surface area (Å²) in [4.78, 5) is 4.36. The lowest BCUT2D eigenvalue weighted by Gasteiger charge is -2.06. The van der Waals surface area contributed by atoms with Crippen molar-refractivity contribution in [2.45, 2.75) is 13.5 Å². The standard InChI is InChI=1S/C8H11NO3/c1-5-7(10)3-2-6(4-12-9)8(5)11/h2-3,10-11H,4,9H2,1H3. The highest BCUT2D eigenvalue weighted by molar-refractivity contribution is 5.47. The highest BCUT2D eigenvalue weighted by Gasteiger charge is 2.07. The fourth-order valence-electron chi connectivity index (χ4n) is 0.952. The van der Waals surface area contributed by atoms with Crippen molar-refractivity contribution in [1.29, 1.82) is 0 Å². The van der Waals surface area contributed by atoms with Crippen molar-refractivity contribution >= 4 is 0 Å². The highest BCUT2D eigenvalue weighted by Crippen LogP contribution is 2.29. The van der Waals surface area contributed by atoms with Gasteiger partial charge < -0.3 is 10.2 Å². The Bertz CT molecular complexity index is 286. The molecule has 0 saturated carbocycles. The minimum absolute atomic E-state index is 0.0282. The van der Waals surface area contributed by atoms with Gasteiger partial charge in [-0.1, -0.05) is 0 Å². The van der Waals surface area contributed by atoms with E-state index in [-0.39, 0.29) is 18.1 Å². The summed E-state index contributed by atoms with van der Waals surface area (Å²) >= 11 is 0. The number of hydrogen-bond donors (Lipinski definition) is 3. The van der Waals surface area contributed by atoms with Crippen molar-refractivity contribution in [1.82, 2.24) is 0 Å². The van der Waals surface area contributed by atoms with Crippen molar-refractivity contribution < 1.29 is 15.1 Å². The molecule has 4 nitrogen and oxygen atoms in total. The Morgan fingerprint density at radius 1 is 1.42 bits per heavy atom. The molecule has 0 heterocycles. The smallest absolute Gasteiger partial charge is 0.127 e. The number of phenolic OH excluding ortho intramolecular Hbond substituents is 2. The summed E-state index contributed by atoms with van der Waals surface area (Å²) in [7, 11) is 0. The SMILES string of the molecule is Cc1c(O)ccc(CON)c1O. The third-order valence-corrected chi connectivity index (χ3v) is 1.72. The summed E-state index contributed by atoms with van der Waals surface area (Å²) in [6.07, 6.45) is 0. The molecule has 1 aromatic rings. The molecule has 1 aromatic carbocycles. The third-order valence-electron chi connectivity index (χ3n) is 1.72. The van der Waals surface area contributed by atoms with Gasteiger partial charge >= 0.3 is 0 Å². The fraction of sp³-hybridized carbons (Fsp3) is 0.250. The van der Waals surface area contributed by atoms with Crippen LogP contribution >= 0.6 is 0 Å². The van der Waals surface area contributed by atoms with Crippen molar-refractivity contribution in [2.75, 3.05) is 0 Å². The first-order chi connectivity index (χ1) is 5.66. The molecule has 12 heavy (non-hydrogen) atoms. The minimum Gasteiger partial charge on any atom is -0.508 e. The second-order valence-corrected chi connectivity index (χ2v) is 2.53. The molecule has 0 bridgehead atoms. The molecule has 0 aromatic heterocycles. The van der Waals surface area contributed by atoms with Crippen LogP contribution in [0.25, 0.3) is 0 Å². The van der Waals surface area contributed by atoms with Crippen LogP contribution in [0.4, 0.5) is 0 Å². The van der Waals surface area contributed by atoms with Crippen LogP contribution in [0.5, 0.6) is 11.5 Å². The molecular formula is C8H11NO3. The summed E-state index contributed by atoms with van der Waals surface area (Å²) in [5.41, 5.74) is 0.998. The molecule has 0 radical (unpaired) electrons. The molecule has 0 aliphatic heterocycles. The van der Waals surface area contributed by atoms with Crippen molar-refractivity contribution in [2.24, 2.45) is 5.90 Å². The molecule has 0 saturated heterocycles. The van der Waals surface area contributed by atoms with Gasteiger partial charge in [-0.05, 0) is 19.1 Å². The van der Waals surface area contributed by atoms with Crippen molar-refractivity contribution in [3.05, 3.63) is 23.3 Å². The van der Waals surface area contributed by atoms with Gasteiger partial charge in [-0.2, -0.15) is 0 Å². The summed E-state index contributed by atoms with van der Waals surface area (Å²) in [6, 6.07) is 3.05. The quantitative estimate of drug-likeness (QED) is 0.572. The van der Waals surface area contributed by atoms with E-state index in [1.54, 1.807) is 13.0 Å². The first-order valence-corrected chi connectivity index (χ1v) is 3.49. The Morgan fingerprint density at radius 2 is 2.08 bits per heavy atom. The number of aromatic hydroxyl groups is 2. The maximum atomic E-state index is 9.41. The van der Waals surface area contributed by atoms with Crippen LogP contribution < -0.4 is 5.90 Å². The van der Waals surface area contributed by atoms with Gasteiger partial charge in [0.15, 0.2) is 0 Å². The molecule has 0 aliphatic carbocycles. The number of phenols is 2. The van der Waals surface area contributed by atoms with Gasteiger partial charge in [0, 0.05) is 11.1 Å². The van der Waals surface area contributed by atoms with Gasteiger partial charge in [0.05, 0.1) is 6.61 Å². The van der Waals surface area contributed by atoms with Gasteiger partial charge in [0.2, 0.25) is 0 Å².